The number of hydrogen-bond acceptors (Lipinski definition) is 6. The Morgan fingerprint density at radius 1 is 0.769 bits per heavy atom. The van der Waals surface area contributed by atoms with Crippen molar-refractivity contribution in [2.75, 3.05) is 54.5 Å². The van der Waals surface area contributed by atoms with E-state index in [1.807, 2.05) is 28.2 Å². The highest BCUT2D eigenvalue weighted by atomic mass is 16.5. The van der Waals surface area contributed by atoms with E-state index in [0.717, 1.165) is 38.8 Å². The molecule has 0 saturated heterocycles. The molecule has 1 aromatic carbocycles. The Labute approximate surface area is 157 Å². The van der Waals surface area contributed by atoms with Crippen molar-refractivity contribution in [2.45, 2.75) is 25.7 Å². The SMILES string of the molecule is CN(C)CCCCOC(=O)c1cccc(C(=O)OCCCCN(C)C)c1. The van der Waals surface area contributed by atoms with Gasteiger partial charge in [0.1, 0.15) is 0 Å². The van der Waals surface area contributed by atoms with E-state index in [0.29, 0.717) is 24.3 Å². The number of unbranched alkanes of at least 4 members (excludes halogenated alkanes) is 2. The number of carbonyl (C=O) groups is 2. The van der Waals surface area contributed by atoms with Gasteiger partial charge in [0.25, 0.3) is 0 Å². The van der Waals surface area contributed by atoms with Crippen LogP contribution in [0, 0.1) is 0 Å². The Bertz CT molecular complexity index is 513. The lowest BCUT2D eigenvalue weighted by Crippen LogP contribution is -2.15. The molecule has 0 spiro atoms. The maximum Gasteiger partial charge on any atom is 0.338 e. The van der Waals surface area contributed by atoms with Crippen molar-refractivity contribution in [3.63, 3.8) is 0 Å². The van der Waals surface area contributed by atoms with E-state index < -0.39 is 11.9 Å². The summed E-state index contributed by atoms with van der Waals surface area (Å²) in [5.74, 6) is -0.814. The van der Waals surface area contributed by atoms with Gasteiger partial charge in [-0.2, -0.15) is 0 Å². The van der Waals surface area contributed by atoms with Crippen molar-refractivity contribution in [2.24, 2.45) is 0 Å². The van der Waals surface area contributed by atoms with E-state index in [1.54, 1.807) is 18.2 Å². The van der Waals surface area contributed by atoms with Crippen LogP contribution in [0.15, 0.2) is 24.3 Å². The molecule has 0 amide bonds. The molecule has 1 rings (SSSR count). The third kappa shape index (κ3) is 9.53. The van der Waals surface area contributed by atoms with Crippen LogP contribution in [0.25, 0.3) is 0 Å². The largest absolute Gasteiger partial charge is 0.462 e. The van der Waals surface area contributed by atoms with Gasteiger partial charge in [-0.3, -0.25) is 0 Å². The molecular weight excluding hydrogens is 332 g/mol. The van der Waals surface area contributed by atoms with Crippen LogP contribution < -0.4 is 0 Å². The molecule has 0 unspecified atom stereocenters. The molecule has 26 heavy (non-hydrogen) atoms. The van der Waals surface area contributed by atoms with Gasteiger partial charge >= 0.3 is 11.9 Å². The molecule has 0 heterocycles. The molecule has 0 bridgehead atoms. The summed E-state index contributed by atoms with van der Waals surface area (Å²) in [6.45, 7) is 2.70. The summed E-state index contributed by atoms with van der Waals surface area (Å²) >= 11 is 0. The first-order valence-electron chi connectivity index (χ1n) is 9.14. The molecule has 0 aliphatic carbocycles. The third-order valence-corrected chi connectivity index (χ3v) is 3.80. The number of ether oxygens (including phenoxy) is 2. The molecule has 0 aromatic heterocycles. The van der Waals surface area contributed by atoms with Crippen LogP contribution in [0.2, 0.25) is 0 Å². The van der Waals surface area contributed by atoms with Crippen LogP contribution in [-0.2, 0) is 9.47 Å². The molecule has 0 aliphatic rings. The maximum atomic E-state index is 12.1. The van der Waals surface area contributed by atoms with Crippen molar-refractivity contribution in [3.05, 3.63) is 35.4 Å². The van der Waals surface area contributed by atoms with Crippen LogP contribution in [-0.4, -0.2) is 76.2 Å². The van der Waals surface area contributed by atoms with Crippen LogP contribution in [0.3, 0.4) is 0 Å². The summed E-state index contributed by atoms with van der Waals surface area (Å²) < 4.78 is 10.5. The van der Waals surface area contributed by atoms with Crippen LogP contribution in [0.1, 0.15) is 46.4 Å². The van der Waals surface area contributed by atoms with Crippen LogP contribution in [0.5, 0.6) is 0 Å². The van der Waals surface area contributed by atoms with Crippen molar-refractivity contribution in [1.82, 2.24) is 9.80 Å². The van der Waals surface area contributed by atoms with Gasteiger partial charge in [-0.15, -0.1) is 0 Å². The second kappa shape index (κ2) is 12.4. The summed E-state index contributed by atoms with van der Waals surface area (Å²) in [6.07, 6.45) is 3.58. The molecular formula is C20H32N2O4. The summed E-state index contributed by atoms with van der Waals surface area (Å²) in [6, 6.07) is 6.50. The van der Waals surface area contributed by atoms with Crippen molar-refractivity contribution in [3.8, 4) is 0 Å². The van der Waals surface area contributed by atoms with Crippen molar-refractivity contribution in [1.29, 1.82) is 0 Å². The number of rotatable bonds is 12. The fourth-order valence-corrected chi connectivity index (χ4v) is 2.33. The summed E-state index contributed by atoms with van der Waals surface area (Å²) in [4.78, 5) is 28.4. The lowest BCUT2D eigenvalue weighted by atomic mass is 10.1. The average Bonchev–Trinajstić information content (AvgIpc) is 2.60. The van der Waals surface area contributed by atoms with E-state index in [2.05, 4.69) is 9.80 Å². The molecule has 0 fully saturated rings. The molecule has 0 N–H and O–H groups in total. The minimum atomic E-state index is -0.407. The molecule has 146 valence electrons. The van der Waals surface area contributed by atoms with E-state index in [1.165, 1.54) is 6.07 Å². The smallest absolute Gasteiger partial charge is 0.338 e. The van der Waals surface area contributed by atoms with Gasteiger partial charge in [0.2, 0.25) is 0 Å². The van der Waals surface area contributed by atoms with Crippen LogP contribution in [0.4, 0.5) is 0 Å². The second-order valence-corrected chi connectivity index (χ2v) is 6.87. The van der Waals surface area contributed by atoms with E-state index in [-0.39, 0.29) is 0 Å². The van der Waals surface area contributed by atoms with Crippen molar-refractivity contribution >= 4 is 11.9 Å². The van der Waals surface area contributed by atoms with E-state index >= 15 is 0 Å². The number of hydrogen-bond donors (Lipinski definition) is 0. The zero-order valence-electron chi connectivity index (χ0n) is 16.5. The molecule has 6 nitrogen and oxygen atoms in total. The van der Waals surface area contributed by atoms with Crippen LogP contribution >= 0.6 is 0 Å². The molecule has 1 aromatic rings. The molecule has 0 aliphatic heterocycles. The zero-order chi connectivity index (χ0) is 19.4. The Kier molecular flexibility index (Phi) is 10.6. The predicted octanol–water partition coefficient (Wildman–Crippen LogP) is 2.68. The number of nitrogens with zero attached hydrogens (tertiary/aromatic N) is 2. The lowest BCUT2D eigenvalue weighted by Gasteiger charge is -2.10. The molecule has 0 radical (unpaired) electrons. The standard InChI is InChI=1S/C20H32N2O4/c1-21(2)12-5-7-14-25-19(23)17-10-9-11-18(16-17)20(24)26-15-8-6-13-22(3)4/h9-11,16H,5-8,12-15H2,1-4H3. The summed E-state index contributed by atoms with van der Waals surface area (Å²) in [7, 11) is 8.05. The topological polar surface area (TPSA) is 59.1 Å². The molecule has 0 saturated carbocycles. The Hall–Kier alpha value is -1.92. The summed E-state index contributed by atoms with van der Waals surface area (Å²) in [5, 5.41) is 0. The lowest BCUT2D eigenvalue weighted by molar-refractivity contribution is 0.0495. The molecule has 6 heteroatoms. The predicted molar refractivity (Wildman–Crippen MR) is 103 cm³/mol. The van der Waals surface area contributed by atoms with Crippen molar-refractivity contribution < 1.29 is 19.1 Å². The monoisotopic (exact) mass is 364 g/mol. The highest BCUT2D eigenvalue weighted by Crippen LogP contribution is 2.09. The van der Waals surface area contributed by atoms with E-state index in [9.17, 15) is 9.59 Å². The number of esters is 2. The van der Waals surface area contributed by atoms with Gasteiger partial charge in [0.15, 0.2) is 0 Å². The highest BCUT2D eigenvalue weighted by molar-refractivity contribution is 5.95. The Morgan fingerprint density at radius 2 is 1.19 bits per heavy atom. The Morgan fingerprint density at radius 3 is 1.58 bits per heavy atom. The number of carbonyl (C=O) groups excluding carboxylic acids is 2. The first-order valence-corrected chi connectivity index (χ1v) is 9.14. The maximum absolute atomic E-state index is 12.1. The van der Waals surface area contributed by atoms with Gasteiger partial charge in [-0.25, -0.2) is 9.59 Å². The highest BCUT2D eigenvalue weighted by Gasteiger charge is 2.12. The van der Waals surface area contributed by atoms with Gasteiger partial charge in [0.05, 0.1) is 24.3 Å². The summed E-state index contributed by atoms with van der Waals surface area (Å²) in [5.41, 5.74) is 0.749. The number of benzene rings is 1. The zero-order valence-corrected chi connectivity index (χ0v) is 16.5. The minimum Gasteiger partial charge on any atom is -0.462 e. The molecule has 0 atom stereocenters. The van der Waals surface area contributed by atoms with Gasteiger partial charge in [-0.1, -0.05) is 6.07 Å². The first-order chi connectivity index (χ1) is 12.4. The average molecular weight is 364 g/mol. The Balaban J connectivity index is 2.38. The minimum absolute atomic E-state index is 0.375. The fourth-order valence-electron chi connectivity index (χ4n) is 2.33. The second-order valence-electron chi connectivity index (χ2n) is 6.87. The van der Waals surface area contributed by atoms with Gasteiger partial charge in [-0.05, 0) is 85.2 Å². The first kappa shape index (κ1) is 22.1. The third-order valence-electron chi connectivity index (χ3n) is 3.80. The quantitative estimate of drug-likeness (QED) is 0.420. The van der Waals surface area contributed by atoms with Gasteiger partial charge in [0, 0.05) is 0 Å². The fraction of sp³-hybridized carbons (Fsp3) is 0.600. The van der Waals surface area contributed by atoms with E-state index in [4.69, 9.17) is 9.47 Å². The van der Waals surface area contributed by atoms with Gasteiger partial charge < -0.3 is 19.3 Å². The normalized spacial score (nSPS) is 11.0.